The minimum absolute atomic E-state index is 0. The molecule has 0 aliphatic carbocycles. The van der Waals surface area contributed by atoms with Crippen molar-refractivity contribution in [3.8, 4) is 0 Å². The standard InChI is InChI=1S/C8H14FNO.ClH/c9-7-4-8(6-11)2-1-3-10(8)5-7;/h7,11H,1-6H2;1H/t7-,8+;/m0./s1. The zero-order valence-electron chi connectivity index (χ0n) is 7.00. The number of hydrogen-bond acceptors (Lipinski definition) is 2. The lowest BCUT2D eigenvalue weighted by molar-refractivity contribution is 0.0996. The molecule has 2 fully saturated rings. The molecule has 2 atom stereocenters. The lowest BCUT2D eigenvalue weighted by Gasteiger charge is -2.28. The van der Waals surface area contributed by atoms with Gasteiger partial charge in [0.15, 0.2) is 0 Å². The summed E-state index contributed by atoms with van der Waals surface area (Å²) in [6.07, 6.45) is 1.93. The SMILES string of the molecule is Cl.OC[C@]12CCCN1C[C@@H](F)C2. The molecule has 0 unspecified atom stereocenters. The maximum Gasteiger partial charge on any atom is 0.115 e. The fourth-order valence-corrected chi connectivity index (χ4v) is 2.47. The highest BCUT2D eigenvalue weighted by Crippen LogP contribution is 2.39. The Morgan fingerprint density at radius 3 is 2.92 bits per heavy atom. The van der Waals surface area contributed by atoms with Crippen molar-refractivity contribution >= 4 is 12.4 Å². The maximum atomic E-state index is 12.9. The molecule has 0 radical (unpaired) electrons. The topological polar surface area (TPSA) is 23.5 Å². The molecule has 2 aliphatic heterocycles. The van der Waals surface area contributed by atoms with Crippen LogP contribution < -0.4 is 0 Å². The van der Waals surface area contributed by atoms with Crippen LogP contribution in [0, 0.1) is 0 Å². The molecule has 0 aromatic rings. The number of alkyl halides is 1. The second kappa shape index (κ2) is 3.48. The molecular weight excluding hydrogens is 181 g/mol. The predicted molar refractivity (Wildman–Crippen MR) is 47.4 cm³/mol. The minimum Gasteiger partial charge on any atom is -0.394 e. The monoisotopic (exact) mass is 195 g/mol. The van der Waals surface area contributed by atoms with Crippen LogP contribution in [0.2, 0.25) is 0 Å². The molecule has 0 aromatic carbocycles. The highest BCUT2D eigenvalue weighted by Gasteiger charge is 2.47. The van der Waals surface area contributed by atoms with Gasteiger partial charge in [0.05, 0.1) is 6.61 Å². The lowest BCUT2D eigenvalue weighted by atomic mass is 9.95. The summed E-state index contributed by atoms with van der Waals surface area (Å²) in [5.41, 5.74) is -0.167. The van der Waals surface area contributed by atoms with Crippen LogP contribution >= 0.6 is 12.4 Å². The van der Waals surface area contributed by atoms with Gasteiger partial charge in [0, 0.05) is 18.5 Å². The van der Waals surface area contributed by atoms with Crippen molar-refractivity contribution < 1.29 is 9.50 Å². The van der Waals surface area contributed by atoms with E-state index in [1.165, 1.54) is 0 Å². The van der Waals surface area contributed by atoms with Crippen LogP contribution in [0.5, 0.6) is 0 Å². The van der Waals surface area contributed by atoms with Gasteiger partial charge in [-0.25, -0.2) is 4.39 Å². The van der Waals surface area contributed by atoms with Gasteiger partial charge in [0.25, 0.3) is 0 Å². The number of fused-ring (bicyclic) bond motifs is 1. The molecule has 0 bridgehead atoms. The Kier molecular flexibility index (Phi) is 2.97. The molecule has 4 heteroatoms. The van der Waals surface area contributed by atoms with Gasteiger partial charge in [0.2, 0.25) is 0 Å². The number of aliphatic hydroxyl groups excluding tert-OH is 1. The highest BCUT2D eigenvalue weighted by atomic mass is 35.5. The maximum absolute atomic E-state index is 12.9. The summed E-state index contributed by atoms with van der Waals surface area (Å²) in [5, 5.41) is 9.14. The van der Waals surface area contributed by atoms with Gasteiger partial charge in [-0.1, -0.05) is 0 Å². The molecule has 2 saturated heterocycles. The minimum atomic E-state index is -0.706. The summed E-state index contributed by atoms with van der Waals surface area (Å²) >= 11 is 0. The van der Waals surface area contributed by atoms with E-state index in [0.717, 1.165) is 19.4 Å². The average Bonchev–Trinajstić information content (AvgIpc) is 2.43. The van der Waals surface area contributed by atoms with Gasteiger partial charge in [-0.15, -0.1) is 12.4 Å². The first-order valence-corrected chi connectivity index (χ1v) is 4.27. The van der Waals surface area contributed by atoms with Crippen molar-refractivity contribution in [3.05, 3.63) is 0 Å². The predicted octanol–water partition coefficient (Wildman–Crippen LogP) is 0.977. The summed E-state index contributed by atoms with van der Waals surface area (Å²) in [4.78, 5) is 2.11. The van der Waals surface area contributed by atoms with Crippen molar-refractivity contribution in [1.82, 2.24) is 4.90 Å². The van der Waals surface area contributed by atoms with Crippen LogP contribution in [-0.4, -0.2) is 41.4 Å². The third kappa shape index (κ3) is 1.34. The first-order chi connectivity index (χ1) is 5.27. The van der Waals surface area contributed by atoms with Crippen molar-refractivity contribution in [2.75, 3.05) is 19.7 Å². The highest BCUT2D eigenvalue weighted by molar-refractivity contribution is 5.85. The van der Waals surface area contributed by atoms with Crippen LogP contribution in [-0.2, 0) is 0 Å². The molecule has 72 valence electrons. The van der Waals surface area contributed by atoms with Crippen LogP contribution in [0.1, 0.15) is 19.3 Å². The number of rotatable bonds is 1. The van der Waals surface area contributed by atoms with E-state index in [4.69, 9.17) is 5.11 Å². The molecule has 0 spiro atoms. The second-order valence-electron chi connectivity index (χ2n) is 3.73. The van der Waals surface area contributed by atoms with E-state index >= 15 is 0 Å². The van der Waals surface area contributed by atoms with Crippen LogP contribution in [0.15, 0.2) is 0 Å². The van der Waals surface area contributed by atoms with Crippen molar-refractivity contribution in [3.63, 3.8) is 0 Å². The fraction of sp³-hybridized carbons (Fsp3) is 1.00. The number of halogens is 2. The fourth-order valence-electron chi connectivity index (χ4n) is 2.47. The van der Waals surface area contributed by atoms with Gasteiger partial charge >= 0.3 is 0 Å². The van der Waals surface area contributed by atoms with Crippen LogP contribution in [0.3, 0.4) is 0 Å². The molecule has 2 heterocycles. The molecule has 0 saturated carbocycles. The van der Waals surface area contributed by atoms with Gasteiger partial charge in [0.1, 0.15) is 6.17 Å². The Balaban J connectivity index is 0.000000720. The van der Waals surface area contributed by atoms with E-state index in [-0.39, 0.29) is 24.6 Å². The third-order valence-corrected chi connectivity index (χ3v) is 3.06. The first-order valence-electron chi connectivity index (χ1n) is 4.27. The van der Waals surface area contributed by atoms with Crippen molar-refractivity contribution in [2.45, 2.75) is 31.0 Å². The Bertz CT molecular complexity index is 169. The zero-order valence-corrected chi connectivity index (χ0v) is 7.82. The molecule has 2 nitrogen and oxygen atoms in total. The Labute approximate surface area is 78.2 Å². The quantitative estimate of drug-likeness (QED) is 0.674. The van der Waals surface area contributed by atoms with Gasteiger partial charge in [-0.2, -0.15) is 0 Å². The summed E-state index contributed by atoms with van der Waals surface area (Å²) in [6.45, 7) is 1.65. The van der Waals surface area contributed by atoms with E-state index in [1.807, 2.05) is 0 Å². The largest absolute Gasteiger partial charge is 0.394 e. The molecule has 1 N–H and O–H groups in total. The zero-order chi connectivity index (χ0) is 7.90. The Hall–Kier alpha value is 0.140. The van der Waals surface area contributed by atoms with E-state index in [0.29, 0.717) is 13.0 Å². The van der Waals surface area contributed by atoms with Crippen molar-refractivity contribution in [1.29, 1.82) is 0 Å². The van der Waals surface area contributed by atoms with E-state index in [9.17, 15) is 4.39 Å². The van der Waals surface area contributed by atoms with Crippen LogP contribution in [0.4, 0.5) is 4.39 Å². The number of aliphatic hydroxyl groups is 1. The summed E-state index contributed by atoms with van der Waals surface area (Å²) < 4.78 is 12.9. The van der Waals surface area contributed by atoms with Gasteiger partial charge < -0.3 is 5.11 Å². The summed E-state index contributed by atoms with van der Waals surface area (Å²) in [7, 11) is 0. The molecule has 2 rings (SSSR count). The first kappa shape index (κ1) is 10.2. The summed E-state index contributed by atoms with van der Waals surface area (Å²) in [5.74, 6) is 0. The molecule has 12 heavy (non-hydrogen) atoms. The van der Waals surface area contributed by atoms with E-state index in [2.05, 4.69) is 4.90 Å². The van der Waals surface area contributed by atoms with E-state index in [1.54, 1.807) is 0 Å². The smallest absolute Gasteiger partial charge is 0.115 e. The van der Waals surface area contributed by atoms with Gasteiger partial charge in [-0.05, 0) is 19.4 Å². The summed E-state index contributed by atoms with van der Waals surface area (Å²) in [6, 6.07) is 0. The lowest BCUT2D eigenvalue weighted by Crippen LogP contribution is -2.41. The molecule has 0 amide bonds. The number of hydrogen-bond donors (Lipinski definition) is 1. The Morgan fingerprint density at radius 2 is 2.33 bits per heavy atom. The second-order valence-corrected chi connectivity index (χ2v) is 3.73. The molecule has 2 aliphatic rings. The van der Waals surface area contributed by atoms with Crippen LogP contribution in [0.25, 0.3) is 0 Å². The average molecular weight is 196 g/mol. The molecule has 0 aromatic heterocycles. The van der Waals surface area contributed by atoms with Crippen molar-refractivity contribution in [2.24, 2.45) is 0 Å². The van der Waals surface area contributed by atoms with E-state index < -0.39 is 6.17 Å². The Morgan fingerprint density at radius 1 is 1.58 bits per heavy atom. The molecular formula is C8H15ClFNO. The third-order valence-electron chi connectivity index (χ3n) is 3.06. The number of nitrogens with zero attached hydrogens (tertiary/aromatic N) is 1. The van der Waals surface area contributed by atoms with Gasteiger partial charge in [-0.3, -0.25) is 4.90 Å². The normalized spacial score (nSPS) is 41.0.